The van der Waals surface area contributed by atoms with Gasteiger partial charge < -0.3 is 5.11 Å². The fraction of sp³-hybridized carbons (Fsp3) is 0.200. The van der Waals surface area contributed by atoms with Crippen LogP contribution in [0.5, 0.6) is 0 Å². The van der Waals surface area contributed by atoms with Gasteiger partial charge in [-0.1, -0.05) is 36.4 Å². The molecule has 0 heterocycles. The van der Waals surface area contributed by atoms with Crippen LogP contribution in [0, 0.1) is 5.82 Å². The summed E-state index contributed by atoms with van der Waals surface area (Å²) in [6.07, 6.45) is 0. The molecule has 0 spiro atoms. The monoisotopic (exact) mass is 309 g/mol. The average molecular weight is 309 g/mol. The summed E-state index contributed by atoms with van der Waals surface area (Å²) in [6.45, 7) is 1.35. The molecule has 21 heavy (non-hydrogen) atoms. The van der Waals surface area contributed by atoms with Gasteiger partial charge in [0.2, 0.25) is 10.0 Å². The Morgan fingerprint density at radius 2 is 1.86 bits per heavy atom. The van der Waals surface area contributed by atoms with E-state index >= 15 is 0 Å². The van der Waals surface area contributed by atoms with E-state index in [0.29, 0.717) is 5.56 Å². The van der Waals surface area contributed by atoms with Gasteiger partial charge in [-0.3, -0.25) is 0 Å². The summed E-state index contributed by atoms with van der Waals surface area (Å²) in [5.41, 5.74) is 1.11. The normalized spacial score (nSPS) is 13.1. The van der Waals surface area contributed by atoms with Gasteiger partial charge in [-0.2, -0.15) is 0 Å². The molecule has 0 aliphatic heterocycles. The SMILES string of the molecule is CC(NS(=O)(=O)c1ccc(CO)cc1F)c1ccccc1. The maximum atomic E-state index is 13.9. The number of rotatable bonds is 5. The van der Waals surface area contributed by atoms with Gasteiger partial charge in [0, 0.05) is 6.04 Å². The summed E-state index contributed by atoms with van der Waals surface area (Å²) in [4.78, 5) is -0.428. The standard InChI is InChI=1S/C15H16FNO3S/c1-11(13-5-3-2-4-6-13)17-21(19,20)15-8-7-12(10-18)9-14(15)16/h2-9,11,17-18H,10H2,1H3. The molecule has 2 N–H and O–H groups in total. The van der Waals surface area contributed by atoms with E-state index in [1.54, 1.807) is 31.2 Å². The van der Waals surface area contributed by atoms with E-state index in [1.165, 1.54) is 6.07 Å². The third kappa shape index (κ3) is 3.66. The fourth-order valence-electron chi connectivity index (χ4n) is 1.97. The van der Waals surface area contributed by atoms with Gasteiger partial charge in [-0.15, -0.1) is 0 Å². The van der Waals surface area contributed by atoms with E-state index in [1.807, 2.05) is 6.07 Å². The minimum atomic E-state index is -3.97. The van der Waals surface area contributed by atoms with Crippen molar-refractivity contribution in [2.45, 2.75) is 24.5 Å². The van der Waals surface area contributed by atoms with Gasteiger partial charge in [0.25, 0.3) is 0 Å². The van der Waals surface area contributed by atoms with Crippen LogP contribution in [0.15, 0.2) is 53.4 Å². The van der Waals surface area contributed by atoms with Crippen LogP contribution in [-0.2, 0) is 16.6 Å². The Balaban J connectivity index is 2.26. The van der Waals surface area contributed by atoms with Crippen molar-refractivity contribution in [3.63, 3.8) is 0 Å². The first-order valence-corrected chi connectivity index (χ1v) is 7.89. The highest BCUT2D eigenvalue weighted by atomic mass is 32.2. The van der Waals surface area contributed by atoms with Gasteiger partial charge in [-0.25, -0.2) is 17.5 Å². The first-order valence-electron chi connectivity index (χ1n) is 6.40. The molecule has 2 rings (SSSR count). The van der Waals surface area contributed by atoms with Crippen molar-refractivity contribution in [3.8, 4) is 0 Å². The highest BCUT2D eigenvalue weighted by molar-refractivity contribution is 7.89. The van der Waals surface area contributed by atoms with E-state index in [9.17, 15) is 12.8 Å². The Labute approximate surface area is 123 Å². The van der Waals surface area contributed by atoms with E-state index in [-0.39, 0.29) is 6.61 Å². The largest absolute Gasteiger partial charge is 0.392 e. The predicted molar refractivity (Wildman–Crippen MR) is 77.5 cm³/mol. The van der Waals surface area contributed by atoms with Crippen LogP contribution in [0.4, 0.5) is 4.39 Å². The lowest BCUT2D eigenvalue weighted by atomic mass is 10.1. The third-order valence-corrected chi connectivity index (χ3v) is 4.67. The first kappa shape index (κ1) is 15.6. The molecule has 1 unspecified atom stereocenters. The Morgan fingerprint density at radius 1 is 1.19 bits per heavy atom. The molecular weight excluding hydrogens is 293 g/mol. The molecule has 4 nitrogen and oxygen atoms in total. The van der Waals surface area contributed by atoms with Gasteiger partial charge in [-0.05, 0) is 30.2 Å². The van der Waals surface area contributed by atoms with Gasteiger partial charge in [0.15, 0.2) is 0 Å². The van der Waals surface area contributed by atoms with E-state index in [2.05, 4.69) is 4.72 Å². The number of aliphatic hydroxyl groups excluding tert-OH is 1. The maximum absolute atomic E-state index is 13.9. The molecule has 0 aliphatic carbocycles. The summed E-state index contributed by atoms with van der Waals surface area (Å²) >= 11 is 0. The molecule has 0 amide bonds. The molecule has 0 saturated heterocycles. The second kappa shape index (κ2) is 6.34. The lowest BCUT2D eigenvalue weighted by Gasteiger charge is -2.15. The minimum Gasteiger partial charge on any atom is -0.392 e. The molecule has 2 aromatic rings. The van der Waals surface area contributed by atoms with Crippen molar-refractivity contribution in [2.75, 3.05) is 0 Å². The molecule has 0 aliphatic rings. The average Bonchev–Trinajstić information content (AvgIpc) is 2.47. The van der Waals surface area contributed by atoms with E-state index in [4.69, 9.17) is 5.11 Å². The van der Waals surface area contributed by atoms with Gasteiger partial charge >= 0.3 is 0 Å². The van der Waals surface area contributed by atoms with Gasteiger partial charge in [0.1, 0.15) is 10.7 Å². The number of hydrogen-bond acceptors (Lipinski definition) is 3. The molecule has 0 saturated carbocycles. The van der Waals surface area contributed by atoms with E-state index in [0.717, 1.165) is 17.7 Å². The van der Waals surface area contributed by atoms with Crippen molar-refractivity contribution < 1.29 is 17.9 Å². The summed E-state index contributed by atoms with van der Waals surface area (Å²) in [5.74, 6) is -0.880. The zero-order chi connectivity index (χ0) is 15.5. The van der Waals surface area contributed by atoms with Crippen molar-refractivity contribution in [1.82, 2.24) is 4.72 Å². The number of sulfonamides is 1. The highest BCUT2D eigenvalue weighted by Gasteiger charge is 2.22. The van der Waals surface area contributed by atoms with Crippen LogP contribution in [0.25, 0.3) is 0 Å². The summed E-state index contributed by atoms with van der Waals surface area (Å²) in [5, 5.41) is 8.92. The molecule has 6 heteroatoms. The summed E-state index contributed by atoms with van der Waals surface area (Å²) in [7, 11) is -3.97. The second-order valence-electron chi connectivity index (χ2n) is 4.68. The number of halogens is 1. The molecule has 0 radical (unpaired) electrons. The van der Waals surface area contributed by atoms with Gasteiger partial charge in [0.05, 0.1) is 6.61 Å². The third-order valence-electron chi connectivity index (χ3n) is 3.10. The van der Waals surface area contributed by atoms with Crippen LogP contribution in [0.2, 0.25) is 0 Å². The zero-order valence-electron chi connectivity index (χ0n) is 11.5. The van der Waals surface area contributed by atoms with Crippen LogP contribution in [-0.4, -0.2) is 13.5 Å². The van der Waals surface area contributed by atoms with Crippen molar-refractivity contribution in [3.05, 3.63) is 65.5 Å². The van der Waals surface area contributed by atoms with E-state index < -0.39 is 26.8 Å². The zero-order valence-corrected chi connectivity index (χ0v) is 12.3. The Hall–Kier alpha value is -1.76. The molecule has 2 aromatic carbocycles. The molecule has 0 aromatic heterocycles. The second-order valence-corrected chi connectivity index (χ2v) is 6.36. The maximum Gasteiger partial charge on any atom is 0.244 e. The fourth-order valence-corrected chi connectivity index (χ4v) is 3.26. The Kier molecular flexibility index (Phi) is 4.72. The number of aliphatic hydroxyl groups is 1. The Bertz CT molecular complexity index is 717. The smallest absolute Gasteiger partial charge is 0.244 e. The predicted octanol–water partition coefficient (Wildman–Crippen LogP) is 2.36. The van der Waals surface area contributed by atoms with Crippen LogP contribution >= 0.6 is 0 Å². The van der Waals surface area contributed by atoms with Crippen molar-refractivity contribution >= 4 is 10.0 Å². The minimum absolute atomic E-state index is 0.322. The Morgan fingerprint density at radius 3 is 2.43 bits per heavy atom. The summed E-state index contributed by atoms with van der Waals surface area (Å²) in [6, 6.07) is 12.1. The number of nitrogens with one attached hydrogen (secondary N) is 1. The van der Waals surface area contributed by atoms with Crippen molar-refractivity contribution in [1.29, 1.82) is 0 Å². The van der Waals surface area contributed by atoms with Crippen molar-refractivity contribution in [2.24, 2.45) is 0 Å². The lowest BCUT2D eigenvalue weighted by Crippen LogP contribution is -2.27. The number of hydrogen-bond donors (Lipinski definition) is 2. The molecule has 1 atom stereocenters. The van der Waals surface area contributed by atoms with Crippen LogP contribution < -0.4 is 4.72 Å². The summed E-state index contributed by atoms with van der Waals surface area (Å²) < 4.78 is 40.7. The lowest BCUT2D eigenvalue weighted by molar-refractivity contribution is 0.281. The first-order chi connectivity index (χ1) is 9.94. The number of benzene rings is 2. The van der Waals surface area contributed by atoms with Crippen LogP contribution in [0.3, 0.4) is 0 Å². The topological polar surface area (TPSA) is 66.4 Å². The molecule has 0 bridgehead atoms. The highest BCUT2D eigenvalue weighted by Crippen LogP contribution is 2.20. The quantitative estimate of drug-likeness (QED) is 0.891. The van der Waals surface area contributed by atoms with Crippen LogP contribution in [0.1, 0.15) is 24.1 Å². The molecule has 112 valence electrons. The molecule has 0 fully saturated rings. The molecular formula is C15H16FNO3S.